The molecule has 5 heteroatoms. The zero-order chi connectivity index (χ0) is 15.7. The van der Waals surface area contributed by atoms with Gasteiger partial charge in [-0.05, 0) is 29.8 Å². The predicted molar refractivity (Wildman–Crippen MR) is 75.7 cm³/mol. The quantitative estimate of drug-likeness (QED) is 0.732. The van der Waals surface area contributed by atoms with E-state index in [2.05, 4.69) is 0 Å². The summed E-state index contributed by atoms with van der Waals surface area (Å²) in [4.78, 5) is 12.4. The highest BCUT2D eigenvalue weighted by molar-refractivity contribution is 6.14. The number of hydrogen-bond acceptors (Lipinski definition) is 2. The van der Waals surface area contributed by atoms with Gasteiger partial charge in [-0.25, -0.2) is 0 Å². The zero-order valence-electron chi connectivity index (χ0n) is 11.4. The molecular weight excluding hydrogens is 293 g/mol. The van der Waals surface area contributed by atoms with Gasteiger partial charge >= 0.3 is 6.18 Å². The minimum Gasteiger partial charge on any atom is -0.488 e. The molecule has 1 heterocycles. The van der Waals surface area contributed by atoms with E-state index in [0.29, 0.717) is 11.3 Å². The summed E-state index contributed by atoms with van der Waals surface area (Å²) in [5.74, 6) is 0.146. The van der Waals surface area contributed by atoms with Crippen molar-refractivity contribution in [3.8, 4) is 5.75 Å². The number of fused-ring (bicyclic) bond motifs is 1. The number of halogens is 3. The summed E-state index contributed by atoms with van der Waals surface area (Å²) in [6.07, 6.45) is -3.22. The Hall–Kier alpha value is -2.56. The number of carbonyl (C=O) groups is 1. The van der Waals surface area contributed by atoms with Crippen molar-refractivity contribution in [1.82, 2.24) is 0 Å². The Morgan fingerprint density at radius 2 is 1.68 bits per heavy atom. The van der Waals surface area contributed by atoms with Gasteiger partial charge in [-0.1, -0.05) is 30.3 Å². The van der Waals surface area contributed by atoms with Crippen molar-refractivity contribution in [3.63, 3.8) is 0 Å². The van der Waals surface area contributed by atoms with Crippen LogP contribution in [-0.4, -0.2) is 12.4 Å². The van der Waals surface area contributed by atoms with Gasteiger partial charge in [-0.15, -0.1) is 0 Å². The number of ether oxygens (including phenoxy) is 1. The van der Waals surface area contributed by atoms with Gasteiger partial charge in [0, 0.05) is 5.57 Å². The first kappa shape index (κ1) is 14.4. The van der Waals surface area contributed by atoms with Crippen molar-refractivity contribution in [2.24, 2.45) is 0 Å². The molecule has 2 aromatic rings. The average Bonchev–Trinajstić information content (AvgIpc) is 2.50. The second-order valence-corrected chi connectivity index (χ2v) is 4.87. The van der Waals surface area contributed by atoms with Gasteiger partial charge in [0.2, 0.25) is 0 Å². The Balaban J connectivity index is 2.03. The van der Waals surface area contributed by atoms with Gasteiger partial charge in [0.15, 0.2) is 5.78 Å². The third-order valence-corrected chi connectivity index (χ3v) is 3.40. The van der Waals surface area contributed by atoms with Crippen molar-refractivity contribution in [2.75, 3.05) is 6.61 Å². The number of benzene rings is 2. The first-order valence-corrected chi connectivity index (χ1v) is 6.60. The van der Waals surface area contributed by atoms with E-state index in [0.717, 1.165) is 6.07 Å². The normalized spacial score (nSPS) is 16.3. The van der Waals surface area contributed by atoms with E-state index in [1.54, 1.807) is 24.3 Å². The predicted octanol–water partition coefficient (Wildman–Crippen LogP) is 4.36. The van der Waals surface area contributed by atoms with Gasteiger partial charge in [0.05, 0.1) is 11.1 Å². The second-order valence-electron chi connectivity index (χ2n) is 4.87. The zero-order valence-corrected chi connectivity index (χ0v) is 11.4. The molecule has 0 aliphatic carbocycles. The van der Waals surface area contributed by atoms with Crippen LogP contribution in [0, 0.1) is 0 Å². The average molecular weight is 304 g/mol. The van der Waals surface area contributed by atoms with Crippen LogP contribution in [0.3, 0.4) is 0 Å². The lowest BCUT2D eigenvalue weighted by Gasteiger charge is -2.19. The summed E-state index contributed by atoms with van der Waals surface area (Å²) in [6.45, 7) is -0.0396. The highest BCUT2D eigenvalue weighted by atomic mass is 19.4. The van der Waals surface area contributed by atoms with Crippen molar-refractivity contribution in [1.29, 1.82) is 0 Å². The molecule has 0 saturated carbocycles. The minimum atomic E-state index is -4.47. The lowest BCUT2D eigenvalue weighted by molar-refractivity contribution is -0.137. The van der Waals surface area contributed by atoms with E-state index in [1.807, 2.05) is 0 Å². The van der Waals surface area contributed by atoms with Crippen LogP contribution >= 0.6 is 0 Å². The summed E-state index contributed by atoms with van der Waals surface area (Å²) in [6, 6.07) is 11.8. The highest BCUT2D eigenvalue weighted by Crippen LogP contribution is 2.34. The fraction of sp³-hybridized carbons (Fsp3) is 0.118. The Morgan fingerprint density at radius 3 is 2.45 bits per heavy atom. The molecule has 0 fully saturated rings. The third-order valence-electron chi connectivity index (χ3n) is 3.40. The summed E-state index contributed by atoms with van der Waals surface area (Å²) >= 11 is 0. The molecule has 1 aliphatic heterocycles. The number of rotatable bonds is 1. The molecule has 0 bridgehead atoms. The molecule has 2 nitrogen and oxygen atoms in total. The van der Waals surface area contributed by atoms with Gasteiger partial charge in [-0.2, -0.15) is 13.2 Å². The smallest absolute Gasteiger partial charge is 0.416 e. The van der Waals surface area contributed by atoms with Crippen LogP contribution < -0.4 is 4.74 Å². The molecule has 0 radical (unpaired) electrons. The lowest BCUT2D eigenvalue weighted by Crippen LogP contribution is -2.19. The van der Waals surface area contributed by atoms with Gasteiger partial charge in [0.1, 0.15) is 12.4 Å². The Labute approximate surface area is 124 Å². The topological polar surface area (TPSA) is 26.3 Å². The van der Waals surface area contributed by atoms with Crippen LogP contribution in [0.4, 0.5) is 13.2 Å². The maximum Gasteiger partial charge on any atom is 0.416 e. The van der Waals surface area contributed by atoms with Gasteiger partial charge in [-0.3, -0.25) is 4.79 Å². The molecule has 0 unspecified atom stereocenters. The second kappa shape index (κ2) is 5.33. The number of ketones is 1. The molecule has 0 atom stereocenters. The van der Waals surface area contributed by atoms with Crippen LogP contribution in [0.1, 0.15) is 21.5 Å². The van der Waals surface area contributed by atoms with Crippen molar-refractivity contribution < 1.29 is 22.7 Å². The van der Waals surface area contributed by atoms with E-state index in [9.17, 15) is 18.0 Å². The number of hydrogen-bond donors (Lipinski definition) is 0. The fourth-order valence-electron chi connectivity index (χ4n) is 2.35. The molecule has 0 spiro atoms. The van der Waals surface area contributed by atoms with E-state index in [1.165, 1.54) is 24.3 Å². The van der Waals surface area contributed by atoms with E-state index < -0.39 is 11.7 Å². The molecule has 1 aliphatic rings. The standard InChI is InChI=1S/C17H11F3O2/c18-17(19,20)14-7-3-1-5-11(14)9-12-10-22-15-8-4-2-6-13(15)16(12)21/h1-9H,10H2/b12-9+. The minimum absolute atomic E-state index is 0.0396. The molecule has 2 aromatic carbocycles. The molecule has 0 N–H and O–H groups in total. The summed E-state index contributed by atoms with van der Waals surface area (Å²) in [5.41, 5.74) is -0.240. The van der Waals surface area contributed by atoms with Crippen LogP contribution in [0.25, 0.3) is 6.08 Å². The SMILES string of the molecule is O=C1/C(=C/c2ccccc2C(F)(F)F)COc2ccccc21. The first-order valence-electron chi connectivity index (χ1n) is 6.60. The van der Waals surface area contributed by atoms with Gasteiger partial charge < -0.3 is 4.74 Å². The first-order chi connectivity index (χ1) is 10.5. The van der Waals surface area contributed by atoms with Crippen LogP contribution in [0.5, 0.6) is 5.75 Å². The Kier molecular flexibility index (Phi) is 3.48. The lowest BCUT2D eigenvalue weighted by atomic mass is 9.97. The van der Waals surface area contributed by atoms with Gasteiger partial charge in [0.25, 0.3) is 0 Å². The largest absolute Gasteiger partial charge is 0.488 e. The van der Waals surface area contributed by atoms with Crippen molar-refractivity contribution in [2.45, 2.75) is 6.18 Å². The number of alkyl halides is 3. The van der Waals surface area contributed by atoms with E-state index in [-0.39, 0.29) is 23.5 Å². The van der Waals surface area contributed by atoms with Crippen molar-refractivity contribution in [3.05, 3.63) is 70.8 Å². The van der Waals surface area contributed by atoms with E-state index >= 15 is 0 Å². The summed E-state index contributed by atoms with van der Waals surface area (Å²) < 4.78 is 44.4. The molecule has 0 saturated heterocycles. The molecule has 3 rings (SSSR count). The van der Waals surface area contributed by atoms with Crippen LogP contribution in [0.15, 0.2) is 54.1 Å². The Morgan fingerprint density at radius 1 is 1.00 bits per heavy atom. The summed E-state index contributed by atoms with van der Waals surface area (Å²) in [7, 11) is 0. The van der Waals surface area contributed by atoms with Crippen LogP contribution in [-0.2, 0) is 6.18 Å². The number of Topliss-reactive ketones (excluding diaryl/α,β-unsaturated/α-hetero) is 1. The third kappa shape index (κ3) is 2.62. The van der Waals surface area contributed by atoms with Crippen molar-refractivity contribution >= 4 is 11.9 Å². The maximum absolute atomic E-state index is 13.0. The highest BCUT2D eigenvalue weighted by Gasteiger charge is 2.33. The Bertz CT molecular complexity index is 760. The molecule has 22 heavy (non-hydrogen) atoms. The maximum atomic E-state index is 13.0. The molecule has 0 amide bonds. The molecule has 112 valence electrons. The molecular formula is C17H11F3O2. The van der Waals surface area contributed by atoms with E-state index in [4.69, 9.17) is 4.74 Å². The fourth-order valence-corrected chi connectivity index (χ4v) is 2.35. The van der Waals surface area contributed by atoms with Crippen LogP contribution in [0.2, 0.25) is 0 Å². The number of carbonyl (C=O) groups excluding carboxylic acids is 1. The molecule has 0 aromatic heterocycles. The summed E-state index contributed by atoms with van der Waals surface area (Å²) in [5, 5.41) is 0. The monoisotopic (exact) mass is 304 g/mol. The number of para-hydroxylation sites is 1.